The van der Waals surface area contributed by atoms with Crippen LogP contribution < -0.4 is 10.2 Å². The fraction of sp³-hybridized carbons (Fsp3) is 0.476. The van der Waals surface area contributed by atoms with Crippen molar-refractivity contribution < 1.29 is 9.72 Å². The molecule has 1 N–H and O–H groups in total. The van der Waals surface area contributed by atoms with E-state index in [9.17, 15) is 14.9 Å². The lowest BCUT2D eigenvalue weighted by atomic mass is 10.1. The van der Waals surface area contributed by atoms with Crippen LogP contribution in [0.25, 0.3) is 0 Å². The van der Waals surface area contributed by atoms with E-state index in [1.165, 1.54) is 23.8 Å². The van der Waals surface area contributed by atoms with Gasteiger partial charge in [0.1, 0.15) is 5.69 Å². The molecule has 2 aliphatic heterocycles. The summed E-state index contributed by atoms with van der Waals surface area (Å²) >= 11 is 1.70. The molecule has 7 nitrogen and oxygen atoms in total. The van der Waals surface area contributed by atoms with Crippen molar-refractivity contribution in [2.75, 3.05) is 37.6 Å². The molecule has 1 amide bonds. The van der Waals surface area contributed by atoms with Crippen LogP contribution in [-0.4, -0.2) is 48.5 Å². The fourth-order valence-corrected chi connectivity index (χ4v) is 5.13. The zero-order valence-electron chi connectivity index (χ0n) is 16.4. The average Bonchev–Trinajstić information content (AvgIpc) is 3.51. The second-order valence-corrected chi connectivity index (χ2v) is 8.62. The first-order valence-electron chi connectivity index (χ1n) is 10.2. The number of amides is 1. The lowest BCUT2D eigenvalue weighted by Crippen LogP contribution is -2.36. The lowest BCUT2D eigenvalue weighted by molar-refractivity contribution is -0.384. The second-order valence-electron chi connectivity index (χ2n) is 7.64. The summed E-state index contributed by atoms with van der Waals surface area (Å²) in [5, 5.41) is 16.7. The van der Waals surface area contributed by atoms with Crippen molar-refractivity contribution in [3.8, 4) is 0 Å². The number of carbonyl (C=O) groups excluding carboxylic acids is 1. The molecule has 1 aromatic heterocycles. The minimum atomic E-state index is -0.386. The molecule has 29 heavy (non-hydrogen) atoms. The standard InChI is InChI=1S/C21H26N4O3S/c26-21(22-15-19(20-6-5-13-29-20)24-11-3-4-12-24)16-7-8-17(18(14-16)25(27)28)23-9-1-2-10-23/h5-8,13-14,19H,1-4,9-12,15H2,(H,22,26). The maximum absolute atomic E-state index is 12.8. The molecule has 2 saturated heterocycles. The van der Waals surface area contributed by atoms with Crippen LogP contribution in [0.1, 0.15) is 47.0 Å². The van der Waals surface area contributed by atoms with Gasteiger partial charge in [0, 0.05) is 36.1 Å². The predicted octanol–water partition coefficient (Wildman–Crippen LogP) is 3.82. The van der Waals surface area contributed by atoms with Crippen molar-refractivity contribution in [1.82, 2.24) is 10.2 Å². The average molecular weight is 415 g/mol. The highest BCUT2D eigenvalue weighted by atomic mass is 32.1. The van der Waals surface area contributed by atoms with Gasteiger partial charge in [0.05, 0.1) is 11.0 Å². The monoisotopic (exact) mass is 414 g/mol. The molecule has 2 fully saturated rings. The highest BCUT2D eigenvalue weighted by Crippen LogP contribution is 2.32. The van der Waals surface area contributed by atoms with Gasteiger partial charge in [-0.15, -0.1) is 11.3 Å². The molecule has 8 heteroatoms. The number of nitro benzene ring substituents is 1. The van der Waals surface area contributed by atoms with E-state index < -0.39 is 0 Å². The third-order valence-corrected chi connectivity index (χ3v) is 6.76. The van der Waals surface area contributed by atoms with Crippen LogP contribution in [0.4, 0.5) is 11.4 Å². The fourth-order valence-electron chi connectivity index (χ4n) is 4.27. The van der Waals surface area contributed by atoms with Gasteiger partial charge in [-0.2, -0.15) is 0 Å². The SMILES string of the molecule is O=C(NCC(c1cccs1)N1CCCC1)c1ccc(N2CCCC2)c([N+](=O)[O-])c1. The van der Waals surface area contributed by atoms with Gasteiger partial charge >= 0.3 is 0 Å². The van der Waals surface area contributed by atoms with Gasteiger partial charge < -0.3 is 10.2 Å². The number of rotatable bonds is 7. The van der Waals surface area contributed by atoms with E-state index in [2.05, 4.69) is 21.7 Å². The molecule has 0 radical (unpaired) electrons. The van der Waals surface area contributed by atoms with E-state index in [4.69, 9.17) is 0 Å². The minimum Gasteiger partial charge on any atom is -0.366 e. The molecule has 2 aromatic rings. The Morgan fingerprint density at radius 3 is 2.52 bits per heavy atom. The van der Waals surface area contributed by atoms with E-state index in [1.54, 1.807) is 23.5 Å². The summed E-state index contributed by atoms with van der Waals surface area (Å²) in [6.45, 7) is 4.22. The van der Waals surface area contributed by atoms with Gasteiger partial charge in [0.15, 0.2) is 0 Å². The molecule has 1 unspecified atom stereocenters. The van der Waals surface area contributed by atoms with E-state index in [1.807, 2.05) is 11.0 Å². The van der Waals surface area contributed by atoms with E-state index in [0.717, 1.165) is 39.0 Å². The van der Waals surface area contributed by atoms with Crippen molar-refractivity contribution in [2.24, 2.45) is 0 Å². The van der Waals surface area contributed by atoms with Crippen molar-refractivity contribution in [3.63, 3.8) is 0 Å². The molecule has 154 valence electrons. The molecule has 0 aliphatic carbocycles. The van der Waals surface area contributed by atoms with Gasteiger partial charge in [-0.05, 0) is 62.4 Å². The molecular formula is C21H26N4O3S. The van der Waals surface area contributed by atoms with Crippen molar-refractivity contribution in [2.45, 2.75) is 31.7 Å². The zero-order valence-corrected chi connectivity index (χ0v) is 17.2. The molecule has 0 bridgehead atoms. The number of anilines is 1. The quantitative estimate of drug-likeness (QED) is 0.550. The van der Waals surface area contributed by atoms with Crippen LogP contribution in [0.2, 0.25) is 0 Å². The maximum Gasteiger partial charge on any atom is 0.293 e. The summed E-state index contributed by atoms with van der Waals surface area (Å²) in [7, 11) is 0. The van der Waals surface area contributed by atoms with Gasteiger partial charge in [-0.3, -0.25) is 19.8 Å². The van der Waals surface area contributed by atoms with Crippen molar-refractivity contribution in [1.29, 1.82) is 0 Å². The Kier molecular flexibility index (Phi) is 6.10. The Hall–Kier alpha value is -2.45. The summed E-state index contributed by atoms with van der Waals surface area (Å²) in [6.07, 6.45) is 4.44. The van der Waals surface area contributed by atoms with E-state index >= 15 is 0 Å². The summed E-state index contributed by atoms with van der Waals surface area (Å²) in [6, 6.07) is 9.13. The Balaban J connectivity index is 1.48. The van der Waals surface area contributed by atoms with E-state index in [-0.39, 0.29) is 22.6 Å². The van der Waals surface area contributed by atoms with Gasteiger partial charge in [-0.25, -0.2) is 0 Å². The van der Waals surface area contributed by atoms with Crippen LogP contribution >= 0.6 is 11.3 Å². The zero-order chi connectivity index (χ0) is 20.2. The molecule has 0 spiro atoms. The van der Waals surface area contributed by atoms with Crippen LogP contribution in [0, 0.1) is 10.1 Å². The minimum absolute atomic E-state index is 0.00824. The molecule has 1 aromatic carbocycles. The lowest BCUT2D eigenvalue weighted by Gasteiger charge is -2.27. The predicted molar refractivity (Wildman–Crippen MR) is 115 cm³/mol. The Morgan fingerprint density at radius 1 is 1.14 bits per heavy atom. The van der Waals surface area contributed by atoms with Gasteiger partial charge in [0.2, 0.25) is 0 Å². The Labute approximate surface area is 174 Å². The number of hydrogen-bond acceptors (Lipinski definition) is 6. The number of nitrogens with one attached hydrogen (secondary N) is 1. The van der Waals surface area contributed by atoms with Crippen molar-refractivity contribution >= 4 is 28.6 Å². The Morgan fingerprint density at radius 2 is 1.86 bits per heavy atom. The molecular weight excluding hydrogens is 388 g/mol. The van der Waals surface area contributed by atoms with Crippen LogP contribution in [-0.2, 0) is 0 Å². The first-order valence-corrected chi connectivity index (χ1v) is 11.1. The molecule has 2 aliphatic rings. The van der Waals surface area contributed by atoms with Crippen LogP contribution in [0.5, 0.6) is 0 Å². The number of benzene rings is 1. The third kappa shape index (κ3) is 4.43. The highest BCUT2D eigenvalue weighted by molar-refractivity contribution is 7.10. The number of nitrogens with zero attached hydrogens (tertiary/aromatic N) is 3. The Bertz CT molecular complexity index is 859. The third-order valence-electron chi connectivity index (χ3n) is 5.79. The topological polar surface area (TPSA) is 78.7 Å². The molecule has 1 atom stereocenters. The van der Waals surface area contributed by atoms with Crippen LogP contribution in [0.3, 0.4) is 0 Å². The second kappa shape index (κ2) is 8.92. The maximum atomic E-state index is 12.8. The largest absolute Gasteiger partial charge is 0.366 e. The summed E-state index contributed by atoms with van der Waals surface area (Å²) in [5.74, 6) is -0.262. The summed E-state index contributed by atoms with van der Waals surface area (Å²) in [5.41, 5.74) is 0.956. The molecule has 3 heterocycles. The molecule has 0 saturated carbocycles. The summed E-state index contributed by atoms with van der Waals surface area (Å²) < 4.78 is 0. The smallest absolute Gasteiger partial charge is 0.293 e. The normalized spacial score (nSPS) is 18.1. The van der Waals surface area contributed by atoms with Gasteiger partial charge in [-0.1, -0.05) is 6.07 Å². The van der Waals surface area contributed by atoms with Gasteiger partial charge in [0.25, 0.3) is 11.6 Å². The first kappa shape index (κ1) is 19.8. The van der Waals surface area contributed by atoms with Crippen molar-refractivity contribution in [3.05, 3.63) is 56.3 Å². The van der Waals surface area contributed by atoms with Crippen LogP contribution in [0.15, 0.2) is 35.7 Å². The molecule has 4 rings (SSSR count). The highest BCUT2D eigenvalue weighted by Gasteiger charge is 2.26. The number of hydrogen-bond donors (Lipinski definition) is 1. The van der Waals surface area contributed by atoms with E-state index in [0.29, 0.717) is 17.8 Å². The first-order chi connectivity index (χ1) is 14.1. The number of likely N-dealkylation sites (tertiary alicyclic amines) is 1. The number of thiophene rings is 1. The summed E-state index contributed by atoms with van der Waals surface area (Å²) in [4.78, 5) is 29.7. The number of carbonyl (C=O) groups is 1. The number of nitro groups is 1.